The number of furan rings is 1. The highest BCUT2D eigenvalue weighted by atomic mass is 16.5. The van der Waals surface area contributed by atoms with E-state index in [1.165, 1.54) is 7.11 Å². The van der Waals surface area contributed by atoms with E-state index in [0.29, 0.717) is 18.7 Å². The van der Waals surface area contributed by atoms with Gasteiger partial charge in [-0.15, -0.1) is 0 Å². The summed E-state index contributed by atoms with van der Waals surface area (Å²) >= 11 is 0. The van der Waals surface area contributed by atoms with Crippen LogP contribution in [-0.4, -0.2) is 36.5 Å². The van der Waals surface area contributed by atoms with Crippen LogP contribution < -0.4 is 5.32 Å². The van der Waals surface area contributed by atoms with Gasteiger partial charge in [-0.2, -0.15) is 0 Å². The van der Waals surface area contributed by atoms with Crippen molar-refractivity contribution < 1.29 is 18.7 Å². The lowest BCUT2D eigenvalue weighted by Gasteiger charge is -2.23. The maximum absolute atomic E-state index is 12.5. The van der Waals surface area contributed by atoms with E-state index in [9.17, 15) is 9.59 Å². The largest absolute Gasteiger partial charge is 0.467 e. The Balaban J connectivity index is 1.57. The normalized spacial score (nSPS) is 17.4. The number of carbonyl (C=O) groups excluding carboxylic acids is 2. The lowest BCUT2D eigenvalue weighted by Crippen LogP contribution is -2.42. The van der Waals surface area contributed by atoms with E-state index in [1.54, 1.807) is 24.5 Å². The molecule has 1 aliphatic heterocycles. The van der Waals surface area contributed by atoms with Gasteiger partial charge < -0.3 is 14.5 Å². The summed E-state index contributed by atoms with van der Waals surface area (Å²) in [4.78, 5) is 26.1. The number of benzene rings is 1. The van der Waals surface area contributed by atoms with E-state index >= 15 is 0 Å². The average molecular weight is 342 g/mol. The first kappa shape index (κ1) is 17.2. The van der Waals surface area contributed by atoms with E-state index in [1.807, 2.05) is 18.2 Å². The summed E-state index contributed by atoms with van der Waals surface area (Å²) < 4.78 is 9.95. The van der Waals surface area contributed by atoms with Crippen molar-refractivity contribution in [3.05, 3.63) is 59.5 Å². The van der Waals surface area contributed by atoms with E-state index in [-0.39, 0.29) is 17.9 Å². The number of hydrogen-bond donors (Lipinski definition) is 1. The Morgan fingerprint density at radius 1 is 1.28 bits per heavy atom. The van der Waals surface area contributed by atoms with Crippen LogP contribution in [-0.2, 0) is 22.6 Å². The third kappa shape index (κ3) is 4.28. The third-order valence-electron chi connectivity index (χ3n) is 4.44. The van der Waals surface area contributed by atoms with Crippen molar-refractivity contribution in [1.82, 2.24) is 10.2 Å². The van der Waals surface area contributed by atoms with E-state index < -0.39 is 0 Å². The average Bonchev–Trinajstić information content (AvgIpc) is 3.31. The Hall–Kier alpha value is -2.60. The van der Waals surface area contributed by atoms with Crippen LogP contribution in [0.1, 0.15) is 34.5 Å². The van der Waals surface area contributed by atoms with Crippen LogP contribution >= 0.6 is 0 Å². The van der Waals surface area contributed by atoms with Crippen molar-refractivity contribution in [3.8, 4) is 0 Å². The second-order valence-corrected chi connectivity index (χ2v) is 6.11. The van der Waals surface area contributed by atoms with Crippen molar-refractivity contribution in [2.24, 2.45) is 0 Å². The van der Waals surface area contributed by atoms with Gasteiger partial charge in [0.2, 0.25) is 5.91 Å². The van der Waals surface area contributed by atoms with Gasteiger partial charge in [-0.05, 0) is 49.2 Å². The number of ether oxygens (including phenoxy) is 1. The summed E-state index contributed by atoms with van der Waals surface area (Å²) in [6.45, 7) is 1.97. The first-order chi connectivity index (χ1) is 12.2. The number of nitrogens with one attached hydrogen (secondary N) is 1. The second kappa shape index (κ2) is 7.98. The van der Waals surface area contributed by atoms with Crippen molar-refractivity contribution in [3.63, 3.8) is 0 Å². The van der Waals surface area contributed by atoms with Crippen molar-refractivity contribution in [2.45, 2.75) is 32.0 Å². The second-order valence-electron chi connectivity index (χ2n) is 6.11. The van der Waals surface area contributed by atoms with Crippen molar-refractivity contribution >= 4 is 11.9 Å². The van der Waals surface area contributed by atoms with Gasteiger partial charge in [0.1, 0.15) is 5.76 Å². The molecule has 1 aromatic carbocycles. The van der Waals surface area contributed by atoms with Gasteiger partial charge in [-0.25, -0.2) is 4.79 Å². The molecule has 1 fully saturated rings. The number of rotatable bonds is 6. The lowest BCUT2D eigenvalue weighted by molar-refractivity contribution is -0.125. The fourth-order valence-corrected chi connectivity index (χ4v) is 3.12. The molecule has 0 spiro atoms. The maximum Gasteiger partial charge on any atom is 0.337 e. The lowest BCUT2D eigenvalue weighted by atomic mass is 10.1. The van der Waals surface area contributed by atoms with Crippen LogP contribution in [0.4, 0.5) is 0 Å². The van der Waals surface area contributed by atoms with Gasteiger partial charge >= 0.3 is 5.97 Å². The number of esters is 1. The van der Waals surface area contributed by atoms with Crippen LogP contribution in [0.3, 0.4) is 0 Å². The van der Waals surface area contributed by atoms with Crippen LogP contribution in [0.15, 0.2) is 47.1 Å². The number of carbonyl (C=O) groups is 2. The predicted octanol–water partition coefficient (Wildman–Crippen LogP) is 2.35. The fourth-order valence-electron chi connectivity index (χ4n) is 3.12. The van der Waals surface area contributed by atoms with E-state index in [2.05, 4.69) is 10.2 Å². The van der Waals surface area contributed by atoms with E-state index in [0.717, 1.165) is 30.7 Å². The van der Waals surface area contributed by atoms with Crippen LogP contribution in [0.25, 0.3) is 0 Å². The van der Waals surface area contributed by atoms with Gasteiger partial charge in [0.15, 0.2) is 0 Å². The van der Waals surface area contributed by atoms with Gasteiger partial charge in [-0.3, -0.25) is 9.69 Å². The molecule has 2 heterocycles. The predicted molar refractivity (Wildman–Crippen MR) is 91.8 cm³/mol. The smallest absolute Gasteiger partial charge is 0.337 e. The molecule has 0 saturated carbocycles. The Morgan fingerprint density at radius 2 is 2.08 bits per heavy atom. The molecule has 0 unspecified atom stereocenters. The molecule has 1 amide bonds. The Bertz CT molecular complexity index is 710. The first-order valence-electron chi connectivity index (χ1n) is 8.39. The fraction of sp³-hybridized carbons (Fsp3) is 0.368. The van der Waals surface area contributed by atoms with Crippen LogP contribution in [0, 0.1) is 0 Å². The van der Waals surface area contributed by atoms with Crippen LogP contribution in [0.2, 0.25) is 0 Å². The van der Waals surface area contributed by atoms with Gasteiger partial charge in [0.05, 0.1) is 31.5 Å². The Kier molecular flexibility index (Phi) is 5.50. The molecule has 1 atom stereocenters. The quantitative estimate of drug-likeness (QED) is 0.816. The first-order valence-corrected chi connectivity index (χ1v) is 8.39. The molecule has 2 aromatic rings. The van der Waals surface area contributed by atoms with Gasteiger partial charge in [0, 0.05) is 6.54 Å². The summed E-state index contributed by atoms with van der Waals surface area (Å²) in [5.74, 6) is 0.430. The molecular weight excluding hydrogens is 320 g/mol. The van der Waals surface area contributed by atoms with Gasteiger partial charge in [-0.1, -0.05) is 12.1 Å². The minimum Gasteiger partial charge on any atom is -0.467 e. The monoisotopic (exact) mass is 342 g/mol. The number of likely N-dealkylation sites (tertiary alicyclic amines) is 1. The van der Waals surface area contributed by atoms with E-state index in [4.69, 9.17) is 9.15 Å². The summed E-state index contributed by atoms with van der Waals surface area (Å²) in [5.41, 5.74) is 1.60. The topological polar surface area (TPSA) is 71.8 Å². The number of methoxy groups -OCH3 is 1. The molecule has 1 N–H and O–H groups in total. The SMILES string of the molecule is COC(=O)c1ccc(CN2CCC[C@@H]2C(=O)NCc2ccco2)cc1. The molecule has 1 aromatic heterocycles. The molecule has 0 aliphatic carbocycles. The molecule has 1 saturated heterocycles. The highest BCUT2D eigenvalue weighted by Crippen LogP contribution is 2.21. The molecule has 6 nitrogen and oxygen atoms in total. The molecule has 1 aliphatic rings. The highest BCUT2D eigenvalue weighted by Gasteiger charge is 2.30. The van der Waals surface area contributed by atoms with Crippen molar-refractivity contribution in [1.29, 1.82) is 0 Å². The molecule has 6 heteroatoms. The summed E-state index contributed by atoms with van der Waals surface area (Å²) in [7, 11) is 1.37. The Morgan fingerprint density at radius 3 is 2.76 bits per heavy atom. The molecule has 25 heavy (non-hydrogen) atoms. The zero-order valence-corrected chi connectivity index (χ0v) is 14.2. The summed E-state index contributed by atoms with van der Waals surface area (Å²) in [5, 5.41) is 2.94. The van der Waals surface area contributed by atoms with Crippen molar-refractivity contribution in [2.75, 3.05) is 13.7 Å². The third-order valence-corrected chi connectivity index (χ3v) is 4.44. The Labute approximate surface area is 146 Å². The summed E-state index contributed by atoms with van der Waals surface area (Å²) in [6, 6.07) is 10.8. The molecule has 0 bridgehead atoms. The number of amides is 1. The number of hydrogen-bond acceptors (Lipinski definition) is 5. The maximum atomic E-state index is 12.5. The molecule has 132 valence electrons. The van der Waals surface area contributed by atoms with Gasteiger partial charge in [0.25, 0.3) is 0 Å². The summed E-state index contributed by atoms with van der Waals surface area (Å²) in [6.07, 6.45) is 3.45. The zero-order chi connectivity index (χ0) is 17.6. The highest BCUT2D eigenvalue weighted by molar-refractivity contribution is 5.89. The zero-order valence-electron chi connectivity index (χ0n) is 14.2. The molecular formula is C19H22N2O4. The minimum atomic E-state index is -0.345. The standard InChI is InChI=1S/C19H22N2O4/c1-24-19(23)15-8-6-14(7-9-15)13-21-10-2-5-17(21)18(22)20-12-16-4-3-11-25-16/h3-4,6-9,11,17H,2,5,10,12-13H2,1H3,(H,20,22)/t17-/m1/s1. The minimum absolute atomic E-state index is 0.0279. The van der Waals surface area contributed by atoms with Crippen LogP contribution in [0.5, 0.6) is 0 Å². The molecule has 3 rings (SSSR count). The number of nitrogens with zero attached hydrogens (tertiary/aromatic N) is 1. The molecule has 0 radical (unpaired) electrons.